The van der Waals surface area contributed by atoms with Gasteiger partial charge in [0.25, 0.3) is 5.56 Å². The van der Waals surface area contributed by atoms with Crippen LogP contribution >= 0.6 is 0 Å². The minimum atomic E-state index is 0.162. The Kier molecular flexibility index (Phi) is 3.49. The predicted molar refractivity (Wildman–Crippen MR) is 101 cm³/mol. The summed E-state index contributed by atoms with van der Waals surface area (Å²) in [5.41, 5.74) is 2.77. The fraction of sp³-hybridized carbons (Fsp3) is 0.318. The highest BCUT2D eigenvalue weighted by atomic mass is 16.1. The quantitative estimate of drug-likeness (QED) is 0.717. The molecular formula is C22H22N2O. The summed E-state index contributed by atoms with van der Waals surface area (Å²) in [4.78, 5) is 14.7. The van der Waals surface area contributed by atoms with E-state index < -0.39 is 0 Å². The largest absolute Gasteiger partial charge is 0.312 e. The van der Waals surface area contributed by atoms with E-state index >= 15 is 0 Å². The van der Waals surface area contributed by atoms with Gasteiger partial charge in [-0.05, 0) is 40.8 Å². The molecule has 1 aromatic heterocycles. The standard InChI is InChI=1S/C22H22N2O/c25-22-7-3-6-21-20-11-17(14-24(21)22)13-23(15-20)12-16-8-9-18-4-1-2-5-19(18)10-16/h1-10,17,20H,11-15H2/t17-,20+/m1/s1. The number of pyridine rings is 1. The molecule has 1 saturated heterocycles. The molecule has 3 nitrogen and oxygen atoms in total. The summed E-state index contributed by atoms with van der Waals surface area (Å²) in [5, 5.41) is 2.61. The van der Waals surface area contributed by atoms with Crippen molar-refractivity contribution in [1.29, 1.82) is 0 Å². The van der Waals surface area contributed by atoms with Gasteiger partial charge in [0.15, 0.2) is 0 Å². The van der Waals surface area contributed by atoms with Crippen molar-refractivity contribution >= 4 is 10.8 Å². The smallest absolute Gasteiger partial charge is 0.250 e. The van der Waals surface area contributed by atoms with E-state index in [9.17, 15) is 4.79 Å². The molecule has 3 aromatic rings. The van der Waals surface area contributed by atoms with E-state index in [-0.39, 0.29) is 5.56 Å². The van der Waals surface area contributed by atoms with E-state index in [0.717, 1.165) is 26.2 Å². The van der Waals surface area contributed by atoms with Crippen LogP contribution in [-0.4, -0.2) is 22.6 Å². The van der Waals surface area contributed by atoms with Crippen LogP contribution in [-0.2, 0) is 13.1 Å². The number of rotatable bonds is 2. The lowest BCUT2D eigenvalue weighted by atomic mass is 9.83. The van der Waals surface area contributed by atoms with Crippen LogP contribution in [0.15, 0.2) is 65.5 Å². The van der Waals surface area contributed by atoms with Gasteiger partial charge in [-0.25, -0.2) is 0 Å². The van der Waals surface area contributed by atoms with Crippen molar-refractivity contribution in [2.75, 3.05) is 13.1 Å². The van der Waals surface area contributed by atoms with Crippen LogP contribution in [0.1, 0.15) is 23.6 Å². The van der Waals surface area contributed by atoms with E-state index in [4.69, 9.17) is 0 Å². The first kappa shape index (κ1) is 14.9. The van der Waals surface area contributed by atoms with E-state index in [1.807, 2.05) is 10.6 Å². The monoisotopic (exact) mass is 330 g/mol. The minimum Gasteiger partial charge on any atom is -0.312 e. The molecule has 3 heterocycles. The van der Waals surface area contributed by atoms with Crippen molar-refractivity contribution in [2.45, 2.75) is 25.4 Å². The number of fused-ring (bicyclic) bond motifs is 5. The number of hydrogen-bond acceptors (Lipinski definition) is 2. The van der Waals surface area contributed by atoms with Gasteiger partial charge < -0.3 is 4.57 Å². The Morgan fingerprint density at radius 1 is 0.880 bits per heavy atom. The van der Waals surface area contributed by atoms with Gasteiger partial charge in [0.05, 0.1) is 0 Å². The second-order valence-corrected chi connectivity index (χ2v) is 7.57. The van der Waals surface area contributed by atoms with Gasteiger partial charge in [0.1, 0.15) is 0 Å². The molecule has 2 bridgehead atoms. The zero-order chi connectivity index (χ0) is 16.8. The third kappa shape index (κ3) is 2.69. The fourth-order valence-electron chi connectivity index (χ4n) is 4.72. The molecule has 0 aliphatic carbocycles. The maximum Gasteiger partial charge on any atom is 0.250 e. The third-order valence-electron chi connectivity index (χ3n) is 5.78. The van der Waals surface area contributed by atoms with Crippen LogP contribution in [0, 0.1) is 5.92 Å². The first-order valence-corrected chi connectivity index (χ1v) is 9.16. The molecule has 2 aliphatic rings. The van der Waals surface area contributed by atoms with Crippen molar-refractivity contribution in [3.8, 4) is 0 Å². The first-order valence-electron chi connectivity index (χ1n) is 9.16. The highest BCUT2D eigenvalue weighted by Crippen LogP contribution is 2.35. The first-order chi connectivity index (χ1) is 12.3. The van der Waals surface area contributed by atoms with Crippen LogP contribution in [0.5, 0.6) is 0 Å². The van der Waals surface area contributed by atoms with Gasteiger partial charge in [-0.2, -0.15) is 0 Å². The number of piperidine rings is 1. The van der Waals surface area contributed by atoms with Crippen LogP contribution in [0.25, 0.3) is 10.8 Å². The van der Waals surface area contributed by atoms with Crippen molar-refractivity contribution in [3.05, 3.63) is 82.3 Å². The predicted octanol–water partition coefficient (Wildman–Crippen LogP) is 3.62. The summed E-state index contributed by atoms with van der Waals surface area (Å²) < 4.78 is 2.01. The van der Waals surface area contributed by atoms with Crippen LogP contribution in [0.2, 0.25) is 0 Å². The Balaban J connectivity index is 1.40. The molecule has 5 rings (SSSR count). The van der Waals surface area contributed by atoms with Gasteiger partial charge in [-0.15, -0.1) is 0 Å². The van der Waals surface area contributed by atoms with E-state index in [1.165, 1.54) is 28.5 Å². The summed E-state index contributed by atoms with van der Waals surface area (Å²) >= 11 is 0. The molecule has 0 saturated carbocycles. The molecule has 0 spiro atoms. The van der Waals surface area contributed by atoms with Crippen molar-refractivity contribution in [1.82, 2.24) is 9.47 Å². The number of nitrogens with zero attached hydrogens (tertiary/aromatic N) is 2. The molecular weight excluding hydrogens is 308 g/mol. The molecule has 2 atom stereocenters. The topological polar surface area (TPSA) is 25.2 Å². The summed E-state index contributed by atoms with van der Waals surface area (Å²) in [5.74, 6) is 1.08. The molecule has 0 radical (unpaired) electrons. The highest BCUT2D eigenvalue weighted by Gasteiger charge is 2.34. The van der Waals surface area contributed by atoms with Gasteiger partial charge in [0.2, 0.25) is 0 Å². The van der Waals surface area contributed by atoms with E-state index in [1.54, 1.807) is 6.07 Å². The highest BCUT2D eigenvalue weighted by molar-refractivity contribution is 5.82. The Morgan fingerprint density at radius 3 is 2.68 bits per heavy atom. The average molecular weight is 330 g/mol. The Labute approximate surface area is 147 Å². The molecule has 0 unspecified atom stereocenters. The van der Waals surface area contributed by atoms with Crippen LogP contribution in [0.3, 0.4) is 0 Å². The Hall–Kier alpha value is -2.39. The third-order valence-corrected chi connectivity index (χ3v) is 5.78. The summed E-state index contributed by atoms with van der Waals surface area (Å²) in [6, 6.07) is 21.1. The normalized spacial score (nSPS) is 22.7. The minimum absolute atomic E-state index is 0.162. The molecule has 1 fully saturated rings. The van der Waals surface area contributed by atoms with Crippen molar-refractivity contribution < 1.29 is 0 Å². The van der Waals surface area contributed by atoms with Crippen LogP contribution in [0.4, 0.5) is 0 Å². The molecule has 0 N–H and O–H groups in total. The number of benzene rings is 2. The maximum absolute atomic E-state index is 12.1. The second kappa shape index (κ2) is 5.85. The van der Waals surface area contributed by atoms with Crippen molar-refractivity contribution in [3.63, 3.8) is 0 Å². The Morgan fingerprint density at radius 2 is 1.76 bits per heavy atom. The Bertz CT molecular complexity index is 990. The zero-order valence-electron chi connectivity index (χ0n) is 14.3. The summed E-state index contributed by atoms with van der Waals surface area (Å²) in [7, 11) is 0. The second-order valence-electron chi connectivity index (χ2n) is 7.57. The number of aromatic nitrogens is 1. The van der Waals surface area contributed by atoms with Crippen LogP contribution < -0.4 is 5.56 Å². The van der Waals surface area contributed by atoms with Gasteiger partial charge in [-0.3, -0.25) is 9.69 Å². The molecule has 2 aliphatic heterocycles. The lowest BCUT2D eigenvalue weighted by Gasteiger charge is -2.42. The maximum atomic E-state index is 12.1. The number of hydrogen-bond donors (Lipinski definition) is 0. The van der Waals surface area contributed by atoms with Gasteiger partial charge in [-0.1, -0.05) is 42.5 Å². The molecule has 25 heavy (non-hydrogen) atoms. The molecule has 126 valence electrons. The lowest BCUT2D eigenvalue weighted by molar-refractivity contribution is 0.114. The summed E-state index contributed by atoms with van der Waals surface area (Å²) in [6.45, 7) is 4.01. The lowest BCUT2D eigenvalue weighted by Crippen LogP contribution is -2.46. The van der Waals surface area contributed by atoms with E-state index in [2.05, 4.69) is 53.4 Å². The van der Waals surface area contributed by atoms with Gasteiger partial charge >= 0.3 is 0 Å². The molecule has 2 aromatic carbocycles. The SMILES string of the molecule is O=c1cccc2n1C[C@@H]1C[C@H]2CN(Cc2ccc3ccccc3c2)C1. The fourth-order valence-corrected chi connectivity index (χ4v) is 4.72. The van der Waals surface area contributed by atoms with Gasteiger partial charge in [0, 0.05) is 43.9 Å². The molecule has 3 heteroatoms. The zero-order valence-corrected chi connectivity index (χ0v) is 14.3. The molecule has 0 amide bonds. The van der Waals surface area contributed by atoms with E-state index in [0.29, 0.717) is 11.8 Å². The number of likely N-dealkylation sites (tertiary alicyclic amines) is 1. The summed E-state index contributed by atoms with van der Waals surface area (Å²) in [6.07, 6.45) is 1.22. The average Bonchev–Trinajstić information content (AvgIpc) is 2.63. The van der Waals surface area contributed by atoms with Crippen molar-refractivity contribution in [2.24, 2.45) is 5.92 Å².